The number of pyridine rings is 3. The van der Waals surface area contributed by atoms with Crippen molar-refractivity contribution in [3.05, 3.63) is 54.1 Å². The number of nitrogens with one attached hydrogen (secondary N) is 2. The number of hydrogen-bond donors (Lipinski definition) is 4. The van der Waals surface area contributed by atoms with E-state index in [4.69, 9.17) is 16.9 Å². The highest BCUT2D eigenvalue weighted by Gasteiger charge is 2.12. The molecule has 3 aromatic rings. The molecule has 0 aliphatic carbocycles. The average molecular weight is 361 g/mol. The largest absolute Gasteiger partial charge is 0.404 e. The van der Waals surface area contributed by atoms with Crippen LogP contribution in [0.3, 0.4) is 0 Å². The van der Waals surface area contributed by atoms with Gasteiger partial charge in [0.15, 0.2) is 0 Å². The normalized spacial score (nSPS) is 11.4. The van der Waals surface area contributed by atoms with E-state index in [9.17, 15) is 4.79 Å². The van der Waals surface area contributed by atoms with E-state index < -0.39 is 5.91 Å². The van der Waals surface area contributed by atoms with Gasteiger partial charge in [-0.05, 0) is 35.6 Å². The predicted molar refractivity (Wildman–Crippen MR) is 106 cm³/mol. The quantitative estimate of drug-likeness (QED) is 0.405. The van der Waals surface area contributed by atoms with Gasteiger partial charge in [-0.25, -0.2) is 9.97 Å². The average Bonchev–Trinajstić information content (AvgIpc) is 2.68. The summed E-state index contributed by atoms with van der Waals surface area (Å²) in [5.74, 6) is 0.162. The van der Waals surface area contributed by atoms with Crippen molar-refractivity contribution < 1.29 is 4.79 Å². The SMILES string of the molecule is CCc1ccncc1-c1cc2cc(NC(=O)/C(C=N)=C/N)ncc2c(N)n1. The molecule has 136 valence electrons. The van der Waals surface area contributed by atoms with Gasteiger partial charge in [-0.2, -0.15) is 0 Å². The fourth-order valence-corrected chi connectivity index (χ4v) is 2.72. The Kier molecular flexibility index (Phi) is 5.07. The van der Waals surface area contributed by atoms with Gasteiger partial charge in [-0.3, -0.25) is 9.78 Å². The monoisotopic (exact) mass is 361 g/mol. The number of amides is 1. The van der Waals surface area contributed by atoms with E-state index in [1.54, 1.807) is 24.7 Å². The molecule has 0 bridgehead atoms. The van der Waals surface area contributed by atoms with Crippen LogP contribution in [0, 0.1) is 5.41 Å². The summed E-state index contributed by atoms with van der Waals surface area (Å²) in [7, 11) is 0. The summed E-state index contributed by atoms with van der Waals surface area (Å²) < 4.78 is 0. The molecule has 3 aromatic heterocycles. The summed E-state index contributed by atoms with van der Waals surface area (Å²) >= 11 is 0. The zero-order valence-corrected chi connectivity index (χ0v) is 14.7. The highest BCUT2D eigenvalue weighted by atomic mass is 16.1. The summed E-state index contributed by atoms with van der Waals surface area (Å²) in [6, 6.07) is 5.54. The van der Waals surface area contributed by atoms with Crippen molar-refractivity contribution in [3.63, 3.8) is 0 Å². The second-order valence-corrected chi connectivity index (χ2v) is 5.79. The summed E-state index contributed by atoms with van der Waals surface area (Å²) in [6.45, 7) is 2.06. The van der Waals surface area contributed by atoms with Crippen molar-refractivity contribution >= 4 is 34.5 Å². The second kappa shape index (κ2) is 7.61. The first-order valence-corrected chi connectivity index (χ1v) is 8.30. The number of hydrogen-bond acceptors (Lipinski definition) is 7. The maximum absolute atomic E-state index is 12.1. The van der Waals surface area contributed by atoms with Crippen LogP contribution >= 0.6 is 0 Å². The number of anilines is 2. The Bertz CT molecular complexity index is 1060. The minimum absolute atomic E-state index is 0.0368. The van der Waals surface area contributed by atoms with Gasteiger partial charge in [-0.15, -0.1) is 0 Å². The fraction of sp³-hybridized carbons (Fsp3) is 0.105. The highest BCUT2D eigenvalue weighted by Crippen LogP contribution is 2.29. The number of aromatic nitrogens is 3. The van der Waals surface area contributed by atoms with Gasteiger partial charge in [0.2, 0.25) is 0 Å². The number of nitrogens with two attached hydrogens (primary N) is 2. The summed E-state index contributed by atoms with van der Waals surface area (Å²) in [4.78, 5) is 24.9. The number of rotatable bonds is 5. The zero-order chi connectivity index (χ0) is 19.4. The van der Waals surface area contributed by atoms with Crippen LogP contribution in [0.15, 0.2) is 48.6 Å². The number of carbonyl (C=O) groups is 1. The first kappa shape index (κ1) is 18.0. The number of fused-ring (bicyclic) bond motifs is 1. The van der Waals surface area contributed by atoms with E-state index in [1.807, 2.05) is 12.1 Å². The van der Waals surface area contributed by atoms with Crippen LogP contribution < -0.4 is 16.8 Å². The molecule has 0 saturated heterocycles. The maximum atomic E-state index is 12.1. The van der Waals surface area contributed by atoms with Crippen LogP contribution in [-0.4, -0.2) is 27.1 Å². The van der Waals surface area contributed by atoms with Crippen LogP contribution in [0.5, 0.6) is 0 Å². The number of nitrogens with zero attached hydrogens (tertiary/aromatic N) is 3. The molecule has 0 spiro atoms. The molecule has 8 heteroatoms. The minimum atomic E-state index is -0.512. The third-order valence-corrected chi connectivity index (χ3v) is 4.15. The highest BCUT2D eigenvalue weighted by molar-refractivity contribution is 6.17. The Morgan fingerprint density at radius 3 is 2.85 bits per heavy atom. The lowest BCUT2D eigenvalue weighted by Crippen LogP contribution is -2.17. The van der Waals surface area contributed by atoms with E-state index in [0.29, 0.717) is 22.7 Å². The van der Waals surface area contributed by atoms with Crippen molar-refractivity contribution in [2.45, 2.75) is 13.3 Å². The summed E-state index contributed by atoms with van der Waals surface area (Å²) in [5.41, 5.74) is 14.2. The van der Waals surface area contributed by atoms with Gasteiger partial charge in [-0.1, -0.05) is 6.92 Å². The van der Waals surface area contributed by atoms with Crippen LogP contribution in [0.25, 0.3) is 22.0 Å². The standard InChI is InChI=1S/C19H19N7O/c1-2-11-3-4-23-9-14(11)16-5-12-6-17(24-10-15(12)18(22)25-16)26-19(27)13(7-20)8-21/h3-10,20H,2,21H2,1H3,(H2,22,25)(H,24,26,27)/b13-8+,20-7?. The smallest absolute Gasteiger partial charge is 0.259 e. The lowest BCUT2D eigenvalue weighted by molar-refractivity contribution is -0.112. The van der Waals surface area contributed by atoms with E-state index in [1.165, 1.54) is 0 Å². The fourth-order valence-electron chi connectivity index (χ4n) is 2.72. The van der Waals surface area contributed by atoms with E-state index >= 15 is 0 Å². The third-order valence-electron chi connectivity index (χ3n) is 4.15. The van der Waals surface area contributed by atoms with Crippen molar-refractivity contribution in [3.8, 4) is 11.3 Å². The van der Waals surface area contributed by atoms with Crippen LogP contribution in [-0.2, 0) is 11.2 Å². The van der Waals surface area contributed by atoms with Gasteiger partial charge < -0.3 is 22.2 Å². The van der Waals surface area contributed by atoms with E-state index in [0.717, 1.165) is 35.3 Å². The molecule has 0 fully saturated rings. The van der Waals surface area contributed by atoms with Crippen molar-refractivity contribution in [2.24, 2.45) is 5.73 Å². The molecule has 6 N–H and O–H groups in total. The summed E-state index contributed by atoms with van der Waals surface area (Å²) in [6.07, 6.45) is 7.85. The molecule has 27 heavy (non-hydrogen) atoms. The second-order valence-electron chi connectivity index (χ2n) is 5.79. The molecule has 1 amide bonds. The molecule has 8 nitrogen and oxygen atoms in total. The maximum Gasteiger partial charge on any atom is 0.259 e. The molecule has 0 unspecified atom stereocenters. The lowest BCUT2D eigenvalue weighted by Gasteiger charge is -2.11. The van der Waals surface area contributed by atoms with Gasteiger partial charge in [0.1, 0.15) is 11.6 Å². The zero-order valence-electron chi connectivity index (χ0n) is 14.7. The van der Waals surface area contributed by atoms with Crippen LogP contribution in [0.2, 0.25) is 0 Å². The number of nitrogen functional groups attached to an aromatic ring is 1. The predicted octanol–water partition coefficient (Wildman–Crippen LogP) is 2.27. The summed E-state index contributed by atoms with van der Waals surface area (Å²) in [5, 5.41) is 11.3. The molecule has 3 rings (SSSR count). The van der Waals surface area contributed by atoms with Crippen molar-refractivity contribution in [2.75, 3.05) is 11.1 Å². The molecule has 0 aromatic carbocycles. The van der Waals surface area contributed by atoms with Gasteiger partial charge in [0.25, 0.3) is 5.91 Å². The molecular formula is C19H19N7O. The molecule has 0 radical (unpaired) electrons. The topological polar surface area (TPSA) is 144 Å². The number of carbonyl (C=O) groups excluding carboxylic acids is 1. The first-order valence-electron chi connectivity index (χ1n) is 8.30. The van der Waals surface area contributed by atoms with Crippen LogP contribution in [0.1, 0.15) is 12.5 Å². The molecule has 0 atom stereocenters. The van der Waals surface area contributed by atoms with E-state index in [2.05, 4.69) is 27.2 Å². The molecule has 0 aliphatic rings. The van der Waals surface area contributed by atoms with Gasteiger partial charge in [0, 0.05) is 42.0 Å². The van der Waals surface area contributed by atoms with E-state index in [-0.39, 0.29) is 5.57 Å². The van der Waals surface area contributed by atoms with Gasteiger partial charge >= 0.3 is 0 Å². The Morgan fingerprint density at radius 1 is 1.33 bits per heavy atom. The van der Waals surface area contributed by atoms with Crippen molar-refractivity contribution in [1.82, 2.24) is 15.0 Å². The molecular weight excluding hydrogens is 342 g/mol. The Balaban J connectivity index is 2.05. The Labute approximate surface area is 155 Å². The van der Waals surface area contributed by atoms with Crippen LogP contribution in [0.4, 0.5) is 11.6 Å². The lowest BCUT2D eigenvalue weighted by atomic mass is 10.0. The van der Waals surface area contributed by atoms with Crippen molar-refractivity contribution in [1.29, 1.82) is 5.41 Å². The molecule has 3 heterocycles. The Morgan fingerprint density at radius 2 is 2.15 bits per heavy atom. The van der Waals surface area contributed by atoms with Gasteiger partial charge in [0.05, 0.1) is 11.3 Å². The Hall–Kier alpha value is -3.81. The minimum Gasteiger partial charge on any atom is -0.404 e. The first-order chi connectivity index (χ1) is 13.1. The molecule has 0 aliphatic heterocycles. The number of aryl methyl sites for hydroxylation is 1. The molecule has 0 saturated carbocycles. The third kappa shape index (κ3) is 3.59.